The van der Waals surface area contributed by atoms with Crippen LogP contribution in [0.15, 0.2) is 59.0 Å². The van der Waals surface area contributed by atoms with E-state index in [1.807, 2.05) is 31.2 Å². The Bertz CT molecular complexity index is 1850. The second-order valence-corrected chi connectivity index (χ2v) is 13.8. The first-order valence-corrected chi connectivity index (χ1v) is 21.2. The second kappa shape index (κ2) is 37.1. The number of hydroxylamine groups is 2. The van der Waals surface area contributed by atoms with Crippen LogP contribution in [0, 0.1) is 5.92 Å². The van der Waals surface area contributed by atoms with Crippen LogP contribution in [0.5, 0.6) is 5.75 Å². The molecule has 0 bridgehead atoms. The Balaban J connectivity index is 0.00000127. The lowest BCUT2D eigenvalue weighted by atomic mass is 9.90. The zero-order chi connectivity index (χ0) is 49.7. The van der Waals surface area contributed by atoms with Crippen LogP contribution in [-0.2, 0) is 40.1 Å². The molecule has 0 saturated carbocycles. The monoisotopic (exact) mass is 929 g/mol. The summed E-state index contributed by atoms with van der Waals surface area (Å²) >= 11 is 0. The molecular formula is C46H67N5O15. The van der Waals surface area contributed by atoms with Crippen molar-refractivity contribution in [3.63, 3.8) is 0 Å². The smallest absolute Gasteiger partial charge is 0.341 e. The summed E-state index contributed by atoms with van der Waals surface area (Å²) in [5.74, 6) is -2.28. The van der Waals surface area contributed by atoms with E-state index in [-0.39, 0.29) is 47.9 Å². The van der Waals surface area contributed by atoms with E-state index in [0.717, 1.165) is 89.5 Å². The van der Waals surface area contributed by atoms with Gasteiger partial charge >= 0.3 is 5.97 Å². The molecule has 3 aromatic rings. The Kier molecular flexibility index (Phi) is 33.6. The van der Waals surface area contributed by atoms with Crippen molar-refractivity contribution in [2.75, 3.05) is 68.0 Å². The summed E-state index contributed by atoms with van der Waals surface area (Å²) in [5.41, 5.74) is 2.62. The Morgan fingerprint density at radius 3 is 2.09 bits per heavy atom. The number of nitrogens with one attached hydrogen (secondary N) is 3. The minimum Gasteiger partial charge on any atom is -0.481 e. The van der Waals surface area contributed by atoms with Gasteiger partial charge in [-0.3, -0.25) is 33.7 Å². The van der Waals surface area contributed by atoms with E-state index in [4.69, 9.17) is 34.0 Å². The highest BCUT2D eigenvalue weighted by Gasteiger charge is 2.31. The topological polar surface area (TPSA) is 281 Å². The molecule has 2 aromatic carbocycles. The summed E-state index contributed by atoms with van der Waals surface area (Å²) in [7, 11) is 5.01. The summed E-state index contributed by atoms with van der Waals surface area (Å²) < 4.78 is 16.1. The number of carbonyl (C=O) groups excluding carboxylic acids is 7. The number of aliphatic hydroxyl groups excluding tert-OH is 2. The van der Waals surface area contributed by atoms with Crippen molar-refractivity contribution in [1.82, 2.24) is 25.9 Å². The molecule has 2 heterocycles. The highest BCUT2D eigenvalue weighted by atomic mass is 16.7. The fraction of sp³-hybridized carbons (Fsp3) is 0.478. The van der Waals surface area contributed by atoms with Crippen molar-refractivity contribution in [2.24, 2.45) is 5.92 Å². The van der Waals surface area contributed by atoms with E-state index in [1.54, 1.807) is 19.2 Å². The number of likely N-dealkylation sites (N-methyl/N-ethyl adjacent to an activating group) is 1. The molecule has 0 spiro atoms. The number of unbranched alkanes of at least 4 members (excludes halogenated alkanes) is 2. The van der Waals surface area contributed by atoms with Gasteiger partial charge in [-0.1, -0.05) is 63.4 Å². The van der Waals surface area contributed by atoms with Crippen LogP contribution in [0.1, 0.15) is 89.2 Å². The number of carbonyl (C=O) groups is 8. The molecule has 1 saturated heterocycles. The van der Waals surface area contributed by atoms with Crippen LogP contribution in [0.4, 0.5) is 0 Å². The van der Waals surface area contributed by atoms with Crippen molar-refractivity contribution in [2.45, 2.75) is 71.0 Å². The lowest BCUT2D eigenvalue weighted by Crippen LogP contribution is -2.48. The number of aliphatic hydroxyl groups is 2. The van der Waals surface area contributed by atoms with Gasteiger partial charge in [0, 0.05) is 51.4 Å². The molecule has 1 aromatic heterocycles. The number of furan rings is 1. The van der Waals surface area contributed by atoms with E-state index >= 15 is 0 Å². The lowest BCUT2D eigenvalue weighted by molar-refractivity contribution is -0.182. The standard InChI is InChI=1S/C27H35N3O9.C12H15NO2.C5H9NO2.2CH4O/c1-4-6-7-8-20(21(5-2)30(17-32)37-3)26(35)28-16-29-27(36)23-12-11-22(39-23)18-9-10-19(14-31)24(13-18)38-15-25(33)34;14-10-12-3-1-11(2-4-12)9-13-5-7-15-8-6-13;1-6-5(4-8)2-3-7;2*1-2/h9-14,17,20-21H,4-8,15-16H2,1-3H3,(H,28,35)(H,29,36)(H,33,34);1-4,10H,5-9H2;3-6H,2H2,1H3;2*2H,1H3. The maximum Gasteiger partial charge on any atom is 0.341 e. The first-order valence-electron chi connectivity index (χ1n) is 21.2. The molecule has 66 heavy (non-hydrogen) atoms. The summed E-state index contributed by atoms with van der Waals surface area (Å²) in [6.45, 7) is 7.72. The zero-order valence-electron chi connectivity index (χ0n) is 38.6. The lowest BCUT2D eigenvalue weighted by Gasteiger charge is -2.31. The van der Waals surface area contributed by atoms with E-state index in [1.165, 1.54) is 30.9 Å². The number of carboxylic acid groups (broad SMARTS) is 1. The van der Waals surface area contributed by atoms with Crippen molar-refractivity contribution in [3.05, 3.63) is 77.0 Å². The molecule has 6 N–H and O–H groups in total. The van der Waals surface area contributed by atoms with E-state index < -0.39 is 30.4 Å². The average Bonchev–Trinajstić information content (AvgIpc) is 3.86. The number of hydrogen-bond donors (Lipinski definition) is 6. The van der Waals surface area contributed by atoms with Gasteiger partial charge in [-0.2, -0.15) is 0 Å². The first-order chi connectivity index (χ1) is 32.0. The summed E-state index contributed by atoms with van der Waals surface area (Å²) in [4.78, 5) is 96.7. The van der Waals surface area contributed by atoms with Gasteiger partial charge in [-0.05, 0) is 49.7 Å². The molecule has 1 aliphatic heterocycles. The summed E-state index contributed by atoms with van der Waals surface area (Å²) in [6.07, 6.45) is 7.46. The van der Waals surface area contributed by atoms with Crippen LogP contribution < -0.4 is 20.7 Å². The van der Waals surface area contributed by atoms with Crippen molar-refractivity contribution >= 4 is 49.3 Å². The van der Waals surface area contributed by atoms with Crippen LogP contribution in [0.2, 0.25) is 0 Å². The second-order valence-electron chi connectivity index (χ2n) is 13.8. The highest BCUT2D eigenvalue weighted by molar-refractivity contribution is 5.92. The molecule has 1 aliphatic rings. The van der Waals surface area contributed by atoms with Gasteiger partial charge in [0.25, 0.3) is 5.91 Å². The highest BCUT2D eigenvalue weighted by Crippen LogP contribution is 2.28. The SMILES string of the molecule is CCCCCC(C(=O)NCNC(=O)c1ccc(-c2ccc(C=O)c(OCC(=O)O)c2)o1)C(CC)N(C=O)OC.CNC(C=O)CC=O.CO.CO.O=Cc1ccc(CN2CCOCC2)cc1. The van der Waals surface area contributed by atoms with Gasteiger partial charge in [0.1, 0.15) is 30.4 Å². The Morgan fingerprint density at radius 2 is 1.58 bits per heavy atom. The fourth-order valence-electron chi connectivity index (χ4n) is 6.17. The predicted octanol–water partition coefficient (Wildman–Crippen LogP) is 2.93. The predicted molar refractivity (Wildman–Crippen MR) is 244 cm³/mol. The Morgan fingerprint density at radius 1 is 0.894 bits per heavy atom. The fourth-order valence-corrected chi connectivity index (χ4v) is 6.17. The van der Waals surface area contributed by atoms with Crippen molar-refractivity contribution in [1.29, 1.82) is 0 Å². The number of benzene rings is 2. The van der Waals surface area contributed by atoms with Crippen molar-refractivity contribution < 1.29 is 72.4 Å². The van der Waals surface area contributed by atoms with Gasteiger partial charge in [0.15, 0.2) is 18.7 Å². The Labute approximate surface area is 385 Å². The molecule has 3 amide bonds. The largest absolute Gasteiger partial charge is 0.481 e. The molecule has 0 aliphatic carbocycles. The number of aliphatic carboxylic acids is 1. The number of ether oxygens (including phenoxy) is 2. The summed E-state index contributed by atoms with van der Waals surface area (Å²) in [6, 6.07) is 14.5. The molecule has 3 unspecified atom stereocenters. The number of amides is 3. The van der Waals surface area contributed by atoms with Gasteiger partial charge in [-0.15, -0.1) is 0 Å². The number of carboxylic acids is 1. The van der Waals surface area contributed by atoms with Gasteiger partial charge in [0.05, 0.1) is 50.6 Å². The molecule has 4 rings (SSSR count). The molecule has 366 valence electrons. The van der Waals surface area contributed by atoms with Crippen LogP contribution in [-0.4, -0.2) is 155 Å². The number of aldehydes is 4. The van der Waals surface area contributed by atoms with Gasteiger partial charge in [-0.25, -0.2) is 9.86 Å². The zero-order valence-corrected chi connectivity index (χ0v) is 38.6. The number of rotatable bonds is 25. The third kappa shape index (κ3) is 22.6. The number of nitrogens with zero attached hydrogens (tertiary/aromatic N) is 2. The summed E-state index contributed by atoms with van der Waals surface area (Å²) in [5, 5.41) is 31.9. The normalized spacial score (nSPS) is 12.9. The molecule has 3 atom stereocenters. The quantitative estimate of drug-likeness (QED) is 0.0308. The average molecular weight is 930 g/mol. The third-order valence-electron chi connectivity index (χ3n) is 9.61. The molecular weight excluding hydrogens is 863 g/mol. The van der Waals surface area contributed by atoms with Crippen molar-refractivity contribution in [3.8, 4) is 17.1 Å². The van der Waals surface area contributed by atoms with Crippen LogP contribution >= 0.6 is 0 Å². The molecule has 0 radical (unpaired) electrons. The third-order valence-corrected chi connectivity index (χ3v) is 9.61. The maximum absolute atomic E-state index is 13.0. The van der Waals surface area contributed by atoms with E-state index in [2.05, 4.69) is 27.8 Å². The minimum absolute atomic E-state index is 0.0239. The molecule has 20 heteroatoms. The molecule has 20 nitrogen and oxygen atoms in total. The first kappa shape index (κ1) is 59.8. The van der Waals surface area contributed by atoms with Gasteiger partial charge < -0.3 is 54.7 Å². The van der Waals surface area contributed by atoms with Crippen LogP contribution in [0.25, 0.3) is 11.3 Å². The van der Waals surface area contributed by atoms with E-state index in [9.17, 15) is 38.4 Å². The minimum atomic E-state index is -1.20. The van der Waals surface area contributed by atoms with E-state index in [0.29, 0.717) is 37.4 Å². The molecule has 1 fully saturated rings. The number of hydrogen-bond acceptors (Lipinski definition) is 16. The maximum atomic E-state index is 13.0. The van der Waals surface area contributed by atoms with Crippen LogP contribution in [0.3, 0.4) is 0 Å². The van der Waals surface area contributed by atoms with Gasteiger partial charge in [0.2, 0.25) is 12.3 Å². The Hall–Kier alpha value is -6.16. The number of morpholine rings is 1.